The molecule has 1 unspecified atom stereocenters. The highest BCUT2D eigenvalue weighted by atomic mass is 79.9. The summed E-state index contributed by atoms with van der Waals surface area (Å²) in [6, 6.07) is 3.71. The lowest BCUT2D eigenvalue weighted by Crippen LogP contribution is -2.19. The average Bonchev–Trinajstić information content (AvgIpc) is 2.75. The maximum atomic E-state index is 11.8. The van der Waals surface area contributed by atoms with Gasteiger partial charge in [0.05, 0.1) is 11.4 Å². The highest BCUT2D eigenvalue weighted by Crippen LogP contribution is 2.18. The zero-order chi connectivity index (χ0) is 12.3. The van der Waals surface area contributed by atoms with E-state index in [2.05, 4.69) is 31.5 Å². The number of carbonyl (C=O) groups excluding carboxylic acids is 1. The van der Waals surface area contributed by atoms with Crippen LogP contribution in [0.1, 0.15) is 18.5 Å². The van der Waals surface area contributed by atoms with E-state index in [0.29, 0.717) is 12.3 Å². The fourth-order valence-electron chi connectivity index (χ4n) is 2.01. The molecule has 1 fully saturated rings. The third-order valence-electron chi connectivity index (χ3n) is 2.96. The third-order valence-corrected chi connectivity index (χ3v) is 3.40. The standard InChI is InChI=1S/C12H16BrN3O/c1-8-10(2-3-11(13)15-8)16-12(17)6-9-4-5-14-7-9/h2-3,9,14H,4-7H2,1H3,(H,16,17). The summed E-state index contributed by atoms with van der Waals surface area (Å²) in [6.45, 7) is 3.86. The molecule has 0 spiro atoms. The van der Waals surface area contributed by atoms with Crippen LogP contribution in [0, 0.1) is 12.8 Å². The van der Waals surface area contributed by atoms with E-state index in [9.17, 15) is 4.79 Å². The van der Waals surface area contributed by atoms with Gasteiger partial charge in [-0.2, -0.15) is 0 Å². The molecule has 1 aromatic heterocycles. The summed E-state index contributed by atoms with van der Waals surface area (Å²) in [7, 11) is 0. The van der Waals surface area contributed by atoms with Gasteiger partial charge in [-0.15, -0.1) is 0 Å². The molecule has 0 bridgehead atoms. The molecule has 0 aromatic carbocycles. The number of aromatic nitrogens is 1. The molecule has 92 valence electrons. The first kappa shape index (κ1) is 12.5. The number of carbonyl (C=O) groups is 1. The molecule has 1 atom stereocenters. The Bertz CT molecular complexity index is 416. The van der Waals surface area contributed by atoms with Crippen molar-refractivity contribution < 1.29 is 4.79 Å². The minimum atomic E-state index is 0.0749. The van der Waals surface area contributed by atoms with Crippen molar-refractivity contribution in [3.05, 3.63) is 22.4 Å². The number of rotatable bonds is 3. The number of amides is 1. The molecule has 2 rings (SSSR count). The van der Waals surface area contributed by atoms with Crippen molar-refractivity contribution in [2.45, 2.75) is 19.8 Å². The van der Waals surface area contributed by atoms with Crippen LogP contribution in [-0.2, 0) is 4.79 Å². The quantitative estimate of drug-likeness (QED) is 0.840. The van der Waals surface area contributed by atoms with Crippen molar-refractivity contribution >= 4 is 27.5 Å². The molecule has 4 nitrogen and oxygen atoms in total. The Morgan fingerprint density at radius 3 is 3.12 bits per heavy atom. The minimum absolute atomic E-state index is 0.0749. The van der Waals surface area contributed by atoms with Gasteiger partial charge in [0.25, 0.3) is 0 Å². The second kappa shape index (κ2) is 5.60. The summed E-state index contributed by atoms with van der Waals surface area (Å²) in [5.74, 6) is 0.546. The number of hydrogen-bond donors (Lipinski definition) is 2. The molecule has 1 amide bonds. The van der Waals surface area contributed by atoms with Gasteiger partial charge in [-0.1, -0.05) is 0 Å². The molecule has 17 heavy (non-hydrogen) atoms. The first-order chi connectivity index (χ1) is 8.15. The lowest BCUT2D eigenvalue weighted by Gasteiger charge is -2.10. The predicted octanol–water partition coefficient (Wildman–Crippen LogP) is 2.09. The van der Waals surface area contributed by atoms with E-state index in [4.69, 9.17) is 0 Å². The number of nitrogens with zero attached hydrogens (tertiary/aromatic N) is 1. The molecule has 2 N–H and O–H groups in total. The van der Waals surface area contributed by atoms with E-state index in [0.717, 1.165) is 35.5 Å². The second-order valence-electron chi connectivity index (χ2n) is 4.38. The summed E-state index contributed by atoms with van der Waals surface area (Å²) >= 11 is 3.30. The first-order valence-corrected chi connectivity index (χ1v) is 6.58. The number of halogens is 1. The van der Waals surface area contributed by atoms with Crippen molar-refractivity contribution in [1.29, 1.82) is 0 Å². The van der Waals surface area contributed by atoms with Gasteiger partial charge in [0.2, 0.25) is 5.91 Å². The van der Waals surface area contributed by atoms with Crippen LogP contribution in [0.4, 0.5) is 5.69 Å². The normalized spacial score (nSPS) is 19.3. The Kier molecular flexibility index (Phi) is 4.12. The summed E-state index contributed by atoms with van der Waals surface area (Å²) in [6.07, 6.45) is 1.67. The largest absolute Gasteiger partial charge is 0.324 e. The van der Waals surface area contributed by atoms with Gasteiger partial charge in [-0.25, -0.2) is 4.98 Å². The first-order valence-electron chi connectivity index (χ1n) is 5.79. The van der Waals surface area contributed by atoms with E-state index in [1.165, 1.54) is 0 Å². The molecule has 5 heteroatoms. The van der Waals surface area contributed by atoms with Crippen LogP contribution in [0.15, 0.2) is 16.7 Å². The van der Waals surface area contributed by atoms with Crippen LogP contribution in [-0.4, -0.2) is 24.0 Å². The number of nitrogens with one attached hydrogen (secondary N) is 2. The van der Waals surface area contributed by atoms with Crippen LogP contribution >= 0.6 is 15.9 Å². The number of pyridine rings is 1. The van der Waals surface area contributed by atoms with Gasteiger partial charge in [-0.3, -0.25) is 4.79 Å². The lowest BCUT2D eigenvalue weighted by molar-refractivity contribution is -0.116. The second-order valence-corrected chi connectivity index (χ2v) is 5.19. The van der Waals surface area contributed by atoms with Gasteiger partial charge in [0.15, 0.2) is 0 Å². The molecule has 1 aromatic rings. The Morgan fingerprint density at radius 1 is 1.65 bits per heavy atom. The zero-order valence-electron chi connectivity index (χ0n) is 9.79. The topological polar surface area (TPSA) is 54.0 Å². The van der Waals surface area contributed by atoms with E-state index in [-0.39, 0.29) is 5.91 Å². The zero-order valence-corrected chi connectivity index (χ0v) is 11.4. The molecule has 1 saturated heterocycles. The van der Waals surface area contributed by atoms with E-state index >= 15 is 0 Å². The summed E-state index contributed by atoms with van der Waals surface area (Å²) in [5.41, 5.74) is 1.63. The summed E-state index contributed by atoms with van der Waals surface area (Å²) < 4.78 is 0.785. The molecular formula is C12H16BrN3O. The van der Waals surface area contributed by atoms with Crippen molar-refractivity contribution in [2.24, 2.45) is 5.92 Å². The van der Waals surface area contributed by atoms with Crippen LogP contribution in [0.3, 0.4) is 0 Å². The van der Waals surface area contributed by atoms with Gasteiger partial charge < -0.3 is 10.6 Å². The molecular weight excluding hydrogens is 282 g/mol. The average molecular weight is 298 g/mol. The Morgan fingerprint density at radius 2 is 2.47 bits per heavy atom. The molecule has 2 heterocycles. The minimum Gasteiger partial charge on any atom is -0.324 e. The van der Waals surface area contributed by atoms with Gasteiger partial charge >= 0.3 is 0 Å². The predicted molar refractivity (Wildman–Crippen MR) is 70.9 cm³/mol. The lowest BCUT2D eigenvalue weighted by atomic mass is 10.0. The highest BCUT2D eigenvalue weighted by Gasteiger charge is 2.18. The van der Waals surface area contributed by atoms with E-state index in [1.54, 1.807) is 0 Å². The molecule has 1 aliphatic heterocycles. The highest BCUT2D eigenvalue weighted by molar-refractivity contribution is 9.10. The molecule has 0 radical (unpaired) electrons. The Labute approximate surface area is 109 Å². The molecule has 0 saturated carbocycles. The monoisotopic (exact) mass is 297 g/mol. The third kappa shape index (κ3) is 3.51. The van der Waals surface area contributed by atoms with Crippen molar-refractivity contribution in [1.82, 2.24) is 10.3 Å². The number of anilines is 1. The van der Waals surface area contributed by atoms with Crippen LogP contribution in [0.2, 0.25) is 0 Å². The molecule has 1 aliphatic rings. The number of hydrogen-bond acceptors (Lipinski definition) is 3. The fraction of sp³-hybridized carbons (Fsp3) is 0.500. The maximum absolute atomic E-state index is 11.8. The van der Waals surface area contributed by atoms with Gasteiger partial charge in [0.1, 0.15) is 4.60 Å². The van der Waals surface area contributed by atoms with Crippen LogP contribution in [0.5, 0.6) is 0 Å². The van der Waals surface area contributed by atoms with Crippen molar-refractivity contribution in [3.63, 3.8) is 0 Å². The van der Waals surface area contributed by atoms with Gasteiger partial charge in [-0.05, 0) is 60.4 Å². The SMILES string of the molecule is Cc1nc(Br)ccc1NC(=O)CC1CCNC1. The van der Waals surface area contributed by atoms with E-state index in [1.807, 2.05) is 19.1 Å². The number of aryl methyl sites for hydroxylation is 1. The van der Waals surface area contributed by atoms with Gasteiger partial charge in [0, 0.05) is 6.42 Å². The summed E-state index contributed by atoms with van der Waals surface area (Å²) in [5, 5.41) is 6.18. The van der Waals surface area contributed by atoms with Crippen LogP contribution in [0.25, 0.3) is 0 Å². The fourth-order valence-corrected chi connectivity index (χ4v) is 2.41. The Balaban J connectivity index is 1.93. The maximum Gasteiger partial charge on any atom is 0.224 e. The molecule has 0 aliphatic carbocycles. The van der Waals surface area contributed by atoms with Crippen molar-refractivity contribution in [2.75, 3.05) is 18.4 Å². The summed E-state index contributed by atoms with van der Waals surface area (Å²) in [4.78, 5) is 16.1. The Hall–Kier alpha value is -0.940. The van der Waals surface area contributed by atoms with Crippen molar-refractivity contribution in [3.8, 4) is 0 Å². The van der Waals surface area contributed by atoms with Crippen LogP contribution < -0.4 is 10.6 Å². The van der Waals surface area contributed by atoms with E-state index < -0.39 is 0 Å². The smallest absolute Gasteiger partial charge is 0.224 e.